The molecular weight excluding hydrogens is 1940 g/mol. The molecule has 750 valence electrons. The number of benzene rings is 5. The Bertz CT molecular complexity index is 6880. The first kappa shape index (κ1) is 102. The summed E-state index contributed by atoms with van der Waals surface area (Å²) >= 11 is 30.6. The molecule has 34 nitrogen and oxygen atoms in total. The summed E-state index contributed by atoms with van der Waals surface area (Å²) in [5.74, 6) is 0.460. The third-order valence-electron chi connectivity index (χ3n) is 27.7. The standard InChI is InChI=1S/C22H25N3O3.C21H24ClN3O3.C20H22Cl2N4O4.C19H20Cl2N4O3.C19H20F2N4O3/c1-12-7-9-24-22-14(12)8-10-25(22)16-11-18(21(27)20(16)26)28-17-4-2-3-13-5-6-15(23)19(13)17;1-12-5-8-24-21-15(12)6-9-25(21)16-11-18(20(27)19(16)26)28-17-3-2-14(22)10-13(17)4-7-23;1-10-11-2-4-26(20(11)25-9-24-10)14-8-17(19(28)18(14)27)30-16-7-13(22)12(21)6-15(16)29-5-3-23;2*1-9-10-4-5-25(19(10)24-8-23-9)13-6-15(18(27)17(13)26)28-14-3-2-12(20)16(21)11(14)7-22/h2-4,7-10,15-16,18,20-21,26-27H,5-6,11,23H2,1H3;2-3,5-6,8-10,16,18-20,26-27H,4,7,11,23H2,1H3;2,4,6-7,9,14,17-19,27-28H,3,5,8,23H2,1H3;2*2-5,8,13,15,17-18,26-27H,6-7,22H2,1H3/t15-,16?,18?,20-,21+;16?,18?,19-,20+;14?,17?,18-,19+;2*13?,15?,17-,18+/m00000/s1. The van der Waals surface area contributed by atoms with E-state index < -0.39 is 121 Å². The van der Waals surface area contributed by atoms with E-state index in [2.05, 4.69) is 45.9 Å². The van der Waals surface area contributed by atoms with Crippen LogP contribution in [0.15, 0.2) is 178 Å². The molecule has 10 heterocycles. The first-order valence-electron chi connectivity index (χ1n) is 46.6. The zero-order valence-corrected chi connectivity index (χ0v) is 81.6. The van der Waals surface area contributed by atoms with Gasteiger partial charge in [-0.1, -0.05) is 70.1 Å². The first-order valence-corrected chi connectivity index (χ1v) is 48.5. The van der Waals surface area contributed by atoms with Crippen LogP contribution in [-0.4, -0.2) is 225 Å². The Morgan fingerprint density at radius 1 is 0.380 bits per heavy atom. The fraction of sp³-hybridized carbons (Fsp3) is 0.386. The Balaban J connectivity index is 0.000000122. The van der Waals surface area contributed by atoms with Crippen molar-refractivity contribution in [3.05, 3.63) is 270 Å². The van der Waals surface area contributed by atoms with Gasteiger partial charge in [0.25, 0.3) is 0 Å². The Morgan fingerprint density at radius 2 is 0.761 bits per heavy atom. The predicted octanol–water partition coefficient (Wildman–Crippen LogP) is 11.7. The van der Waals surface area contributed by atoms with Crippen LogP contribution in [0.4, 0.5) is 8.78 Å². The lowest BCUT2D eigenvalue weighted by molar-refractivity contribution is -0.0170. The second kappa shape index (κ2) is 43.8. The molecule has 15 aromatic rings. The number of nitrogens with two attached hydrogens (primary N) is 5. The maximum absolute atomic E-state index is 14.0. The highest BCUT2D eigenvalue weighted by Gasteiger charge is 2.50. The van der Waals surface area contributed by atoms with Crippen molar-refractivity contribution in [3.8, 4) is 34.5 Å². The highest BCUT2D eigenvalue weighted by molar-refractivity contribution is 6.43. The van der Waals surface area contributed by atoms with Crippen molar-refractivity contribution < 1.29 is 88.3 Å². The van der Waals surface area contributed by atoms with Gasteiger partial charge in [-0.3, -0.25) is 0 Å². The predicted molar refractivity (Wildman–Crippen MR) is 532 cm³/mol. The van der Waals surface area contributed by atoms with Crippen LogP contribution in [0.5, 0.6) is 34.5 Å². The zero-order chi connectivity index (χ0) is 101. The van der Waals surface area contributed by atoms with Crippen molar-refractivity contribution >= 4 is 113 Å². The largest absolute Gasteiger partial charge is 0.488 e. The molecule has 142 heavy (non-hydrogen) atoms. The van der Waals surface area contributed by atoms with E-state index >= 15 is 0 Å². The SMILES string of the molecule is Cc1ccnc2c1ccn2C1CC(Oc2ccc(Cl)cc2CCN)[C@@H](O)[C@H]1O.Cc1ccnc2c1ccn2C1CC(Oc2cccc3c2[C@@H](N)CC3)[C@@H](O)[C@H]1O.Cc1ncnc2c1ccn2C1CC(Oc2cc(Cl)c(Cl)cc2OCCN)[C@@H](O)[C@H]1O.Cc1ncnc2c1ccn2C1CC(Oc2ccc(Cl)c(Cl)c2CN)[C@@H](O)[C@H]1O.Cc1ncnc2c1ccn2C1CC(Oc2ccc(F)c(F)c2CN)[C@@H](O)[C@H]1O. The molecule has 6 aliphatic rings. The summed E-state index contributed by atoms with van der Waals surface area (Å²) in [6, 6.07) is 31.5. The number of aliphatic hydroxyl groups excluding tert-OH is 10. The van der Waals surface area contributed by atoms with Crippen molar-refractivity contribution in [1.82, 2.24) is 62.7 Å². The zero-order valence-electron chi connectivity index (χ0n) is 77.8. The highest BCUT2D eigenvalue weighted by atomic mass is 35.5. The molecule has 21 atom stereocenters. The number of hydrogen-bond acceptors (Lipinski definition) is 29. The van der Waals surface area contributed by atoms with Gasteiger partial charge in [0.1, 0.15) is 168 Å². The maximum atomic E-state index is 14.0. The average molecular weight is 2050 g/mol. The minimum atomic E-state index is -1.22. The summed E-state index contributed by atoms with van der Waals surface area (Å²) in [4.78, 5) is 34.4. The molecule has 0 spiro atoms. The van der Waals surface area contributed by atoms with Crippen molar-refractivity contribution in [2.24, 2.45) is 28.7 Å². The van der Waals surface area contributed by atoms with E-state index in [0.717, 1.165) is 102 Å². The number of aryl methyl sites for hydroxylation is 6. The number of aromatic nitrogens is 13. The molecule has 6 aliphatic carbocycles. The van der Waals surface area contributed by atoms with Crippen molar-refractivity contribution in [3.63, 3.8) is 0 Å². The van der Waals surface area contributed by atoms with E-state index in [1.54, 1.807) is 53.5 Å². The normalized spacial score (nSPS) is 25.5. The van der Waals surface area contributed by atoms with Crippen LogP contribution in [0.25, 0.3) is 55.2 Å². The molecule has 21 rings (SSSR count). The number of hydrogen-bond donors (Lipinski definition) is 15. The number of fused-ring (bicyclic) bond motifs is 6. The van der Waals surface area contributed by atoms with Crippen LogP contribution in [0, 0.1) is 46.3 Å². The summed E-state index contributed by atoms with van der Waals surface area (Å²) in [7, 11) is 0. The summed E-state index contributed by atoms with van der Waals surface area (Å²) in [6.45, 7) is 10.7. The van der Waals surface area contributed by atoms with E-state index in [-0.39, 0.29) is 55.6 Å². The quantitative estimate of drug-likeness (QED) is 0.0300. The first-order chi connectivity index (χ1) is 68.3. The lowest BCUT2D eigenvalue weighted by atomic mass is 10.1. The average Bonchev–Trinajstić information content (AvgIpc) is 1.63. The number of aliphatic hydroxyl groups is 10. The van der Waals surface area contributed by atoms with Crippen LogP contribution < -0.4 is 57.1 Å². The molecule has 5 fully saturated rings. The minimum Gasteiger partial charge on any atom is -0.488 e. The van der Waals surface area contributed by atoms with Crippen molar-refractivity contribution in [1.29, 1.82) is 0 Å². The molecule has 0 amide bonds. The van der Waals surface area contributed by atoms with Crippen LogP contribution in [0.3, 0.4) is 0 Å². The lowest BCUT2D eigenvalue weighted by Crippen LogP contribution is -2.34. The van der Waals surface area contributed by atoms with Gasteiger partial charge in [-0.15, -0.1) is 0 Å². The third-order valence-corrected chi connectivity index (χ3v) is 29.5. The molecule has 0 radical (unpaired) electrons. The Morgan fingerprint density at radius 3 is 1.18 bits per heavy atom. The smallest absolute Gasteiger partial charge is 0.167 e. The summed E-state index contributed by atoms with van der Waals surface area (Å²) in [5.41, 5.74) is 40.8. The molecule has 5 aromatic carbocycles. The second-order valence-electron chi connectivity index (χ2n) is 36.3. The van der Waals surface area contributed by atoms with Gasteiger partial charge in [0, 0.05) is 162 Å². The number of nitrogens with zero attached hydrogens (tertiary/aromatic N) is 13. The van der Waals surface area contributed by atoms with E-state index in [4.69, 9.17) is 115 Å². The van der Waals surface area contributed by atoms with Gasteiger partial charge in [0.15, 0.2) is 23.1 Å². The maximum Gasteiger partial charge on any atom is 0.167 e. The third kappa shape index (κ3) is 20.5. The summed E-state index contributed by atoms with van der Waals surface area (Å²) in [6.07, 6.45) is 8.05. The van der Waals surface area contributed by atoms with E-state index in [1.165, 1.54) is 36.7 Å². The molecule has 20 N–H and O–H groups in total. The summed E-state index contributed by atoms with van der Waals surface area (Å²) < 4.78 is 72.4. The van der Waals surface area contributed by atoms with Crippen molar-refractivity contribution in [2.75, 3.05) is 19.7 Å². The van der Waals surface area contributed by atoms with Crippen LogP contribution >= 0.6 is 58.0 Å². The number of rotatable bonds is 22. The molecular formula is C101H111Cl5F2N18O16. The Kier molecular flexibility index (Phi) is 31.6. The van der Waals surface area contributed by atoms with Crippen molar-refractivity contribution in [2.45, 2.75) is 227 Å². The molecule has 10 unspecified atom stereocenters. The Labute approximate surface area is 839 Å². The second-order valence-corrected chi connectivity index (χ2v) is 38.4. The lowest BCUT2D eigenvalue weighted by Gasteiger charge is -2.21. The molecule has 5 saturated carbocycles. The van der Waals surface area contributed by atoms with Crippen LogP contribution in [0.1, 0.15) is 131 Å². The number of pyridine rings is 2. The van der Waals surface area contributed by atoms with E-state index in [1.807, 2.05) is 138 Å². The Hall–Kier alpha value is -11.2. The van der Waals surface area contributed by atoms with Crippen LogP contribution in [0.2, 0.25) is 25.1 Å². The molecule has 41 heteroatoms. The minimum absolute atomic E-state index is 0.0361. The summed E-state index contributed by atoms with van der Waals surface area (Å²) in [5, 5.41) is 113. The molecule has 0 saturated heterocycles. The van der Waals surface area contributed by atoms with Gasteiger partial charge < -0.3 is 131 Å². The topological polar surface area (TPSA) is 516 Å². The number of ether oxygens (including phenoxy) is 6. The highest BCUT2D eigenvalue weighted by Crippen LogP contribution is 2.47. The fourth-order valence-electron chi connectivity index (χ4n) is 20.1. The van der Waals surface area contributed by atoms with Gasteiger partial charge in [-0.2, -0.15) is 0 Å². The van der Waals surface area contributed by atoms with E-state index in [9.17, 15) is 59.8 Å². The molecule has 10 aromatic heterocycles. The monoisotopic (exact) mass is 2040 g/mol. The van der Waals surface area contributed by atoms with Gasteiger partial charge in [-0.05, 0) is 174 Å². The van der Waals surface area contributed by atoms with Crippen LogP contribution in [-0.2, 0) is 25.9 Å². The van der Waals surface area contributed by atoms with Gasteiger partial charge in [0.05, 0.1) is 67.4 Å². The molecule has 0 bridgehead atoms. The number of halogens is 7. The van der Waals surface area contributed by atoms with Gasteiger partial charge in [0.2, 0.25) is 0 Å². The molecule has 0 aliphatic heterocycles. The van der Waals surface area contributed by atoms with E-state index in [0.29, 0.717) is 116 Å². The van der Waals surface area contributed by atoms with Gasteiger partial charge >= 0.3 is 0 Å². The van der Waals surface area contributed by atoms with Gasteiger partial charge in [-0.25, -0.2) is 48.7 Å². The fourth-order valence-corrected chi connectivity index (χ4v) is 21.0.